The smallest absolute Gasteiger partial charge is 0.129 e. The van der Waals surface area contributed by atoms with Crippen LogP contribution >= 0.6 is 11.8 Å². The SMILES string of the molecule is CC(C)CSC(C)Cc1c(F)cccc1F. The van der Waals surface area contributed by atoms with Gasteiger partial charge in [0, 0.05) is 10.8 Å². The predicted octanol–water partition coefficient (Wildman–Crippen LogP) is 4.29. The summed E-state index contributed by atoms with van der Waals surface area (Å²) in [6, 6.07) is 4.04. The Bertz CT molecular complexity index is 316. The molecular weight excluding hydrogens is 226 g/mol. The Morgan fingerprint density at radius 3 is 2.19 bits per heavy atom. The quantitative estimate of drug-likeness (QED) is 0.744. The Morgan fingerprint density at radius 1 is 1.12 bits per heavy atom. The normalized spacial score (nSPS) is 13.1. The number of rotatable bonds is 5. The maximum Gasteiger partial charge on any atom is 0.129 e. The largest absolute Gasteiger partial charge is 0.207 e. The molecule has 0 saturated carbocycles. The number of benzene rings is 1. The van der Waals surface area contributed by atoms with Crippen molar-refractivity contribution < 1.29 is 8.78 Å². The first kappa shape index (κ1) is 13.5. The molecule has 1 unspecified atom stereocenters. The highest BCUT2D eigenvalue weighted by atomic mass is 32.2. The van der Waals surface area contributed by atoms with Crippen molar-refractivity contribution in [2.24, 2.45) is 5.92 Å². The second-order valence-electron chi connectivity index (χ2n) is 4.44. The van der Waals surface area contributed by atoms with Gasteiger partial charge in [-0.25, -0.2) is 8.78 Å². The molecule has 0 heterocycles. The third kappa shape index (κ3) is 4.12. The summed E-state index contributed by atoms with van der Waals surface area (Å²) < 4.78 is 26.7. The van der Waals surface area contributed by atoms with Gasteiger partial charge >= 0.3 is 0 Å². The van der Waals surface area contributed by atoms with Crippen molar-refractivity contribution >= 4 is 11.8 Å². The van der Waals surface area contributed by atoms with Crippen LogP contribution in [0.4, 0.5) is 8.78 Å². The zero-order valence-corrected chi connectivity index (χ0v) is 10.8. The monoisotopic (exact) mass is 244 g/mol. The molecule has 0 aliphatic rings. The summed E-state index contributed by atoms with van der Waals surface area (Å²) in [7, 11) is 0. The van der Waals surface area contributed by atoms with Crippen LogP contribution in [0, 0.1) is 17.6 Å². The Kier molecular flexibility index (Phi) is 5.26. The average molecular weight is 244 g/mol. The molecular formula is C13H18F2S. The van der Waals surface area contributed by atoms with E-state index in [-0.39, 0.29) is 10.8 Å². The van der Waals surface area contributed by atoms with Gasteiger partial charge in [0.15, 0.2) is 0 Å². The Morgan fingerprint density at radius 2 is 1.69 bits per heavy atom. The lowest BCUT2D eigenvalue weighted by Gasteiger charge is -2.13. The van der Waals surface area contributed by atoms with Gasteiger partial charge in [-0.3, -0.25) is 0 Å². The van der Waals surface area contributed by atoms with Gasteiger partial charge in [0.1, 0.15) is 11.6 Å². The lowest BCUT2D eigenvalue weighted by molar-refractivity contribution is 0.554. The number of thioether (sulfide) groups is 1. The van der Waals surface area contributed by atoms with E-state index in [9.17, 15) is 8.78 Å². The maximum absolute atomic E-state index is 13.4. The Balaban J connectivity index is 2.59. The summed E-state index contributed by atoms with van der Waals surface area (Å²) in [5, 5.41) is 0.244. The molecule has 0 aliphatic heterocycles. The first-order chi connectivity index (χ1) is 7.50. The van der Waals surface area contributed by atoms with Gasteiger partial charge in [0.05, 0.1) is 0 Å². The van der Waals surface area contributed by atoms with E-state index in [0.717, 1.165) is 5.75 Å². The molecule has 0 nitrogen and oxygen atoms in total. The second kappa shape index (κ2) is 6.24. The van der Waals surface area contributed by atoms with E-state index in [0.29, 0.717) is 12.3 Å². The average Bonchev–Trinajstić information content (AvgIpc) is 2.21. The molecule has 1 aromatic carbocycles. The number of halogens is 2. The van der Waals surface area contributed by atoms with Crippen molar-refractivity contribution in [3.8, 4) is 0 Å². The van der Waals surface area contributed by atoms with Gasteiger partial charge in [-0.2, -0.15) is 11.8 Å². The van der Waals surface area contributed by atoms with Gasteiger partial charge in [-0.15, -0.1) is 0 Å². The van der Waals surface area contributed by atoms with Crippen LogP contribution in [0.1, 0.15) is 26.3 Å². The second-order valence-corrected chi connectivity index (χ2v) is 5.91. The van der Waals surface area contributed by atoms with Crippen LogP contribution < -0.4 is 0 Å². The standard InChI is InChI=1S/C13H18F2S/c1-9(2)8-16-10(3)7-11-12(14)5-4-6-13(11)15/h4-6,9-10H,7-8H2,1-3H3. The molecule has 0 radical (unpaired) electrons. The summed E-state index contributed by atoms with van der Waals surface area (Å²) in [5.41, 5.74) is 0.214. The minimum atomic E-state index is -0.433. The van der Waals surface area contributed by atoms with Crippen molar-refractivity contribution in [1.29, 1.82) is 0 Å². The third-order valence-electron chi connectivity index (χ3n) is 2.27. The van der Waals surface area contributed by atoms with Crippen LogP contribution in [0.5, 0.6) is 0 Å². The summed E-state index contributed by atoms with van der Waals surface area (Å²) in [5.74, 6) is 0.768. The van der Waals surface area contributed by atoms with Crippen molar-refractivity contribution in [3.63, 3.8) is 0 Å². The fourth-order valence-corrected chi connectivity index (χ4v) is 2.43. The number of hydrogen-bond acceptors (Lipinski definition) is 1. The first-order valence-corrected chi connectivity index (χ1v) is 6.60. The van der Waals surface area contributed by atoms with Gasteiger partial charge in [0.2, 0.25) is 0 Å². The summed E-state index contributed by atoms with van der Waals surface area (Å²) in [4.78, 5) is 0. The predicted molar refractivity (Wildman–Crippen MR) is 66.8 cm³/mol. The Labute approximate surface area is 100 Å². The van der Waals surface area contributed by atoms with E-state index >= 15 is 0 Å². The summed E-state index contributed by atoms with van der Waals surface area (Å²) >= 11 is 1.76. The molecule has 1 rings (SSSR count). The van der Waals surface area contributed by atoms with Gasteiger partial charge < -0.3 is 0 Å². The van der Waals surface area contributed by atoms with Crippen LogP contribution in [0.3, 0.4) is 0 Å². The maximum atomic E-state index is 13.4. The van der Waals surface area contributed by atoms with Crippen molar-refractivity contribution in [3.05, 3.63) is 35.4 Å². The number of hydrogen-bond donors (Lipinski definition) is 0. The molecule has 0 amide bonds. The molecule has 1 aromatic rings. The molecule has 1 atom stereocenters. The van der Waals surface area contributed by atoms with Crippen LogP contribution in [0.15, 0.2) is 18.2 Å². The lowest BCUT2D eigenvalue weighted by atomic mass is 10.1. The van der Waals surface area contributed by atoms with E-state index in [1.54, 1.807) is 11.8 Å². The molecule has 0 aromatic heterocycles. The van der Waals surface area contributed by atoms with E-state index in [1.165, 1.54) is 18.2 Å². The van der Waals surface area contributed by atoms with Crippen LogP contribution in [-0.4, -0.2) is 11.0 Å². The van der Waals surface area contributed by atoms with Crippen LogP contribution in [-0.2, 0) is 6.42 Å². The molecule has 90 valence electrons. The molecule has 3 heteroatoms. The van der Waals surface area contributed by atoms with Crippen molar-refractivity contribution in [1.82, 2.24) is 0 Å². The first-order valence-electron chi connectivity index (χ1n) is 5.55. The molecule has 0 fully saturated rings. The Hall–Kier alpha value is -0.570. The molecule has 16 heavy (non-hydrogen) atoms. The van der Waals surface area contributed by atoms with E-state index in [1.807, 2.05) is 6.92 Å². The molecule has 0 spiro atoms. The van der Waals surface area contributed by atoms with Crippen LogP contribution in [0.25, 0.3) is 0 Å². The molecule has 0 saturated heterocycles. The van der Waals surface area contributed by atoms with E-state index in [4.69, 9.17) is 0 Å². The zero-order valence-electron chi connectivity index (χ0n) is 9.97. The fourth-order valence-electron chi connectivity index (χ4n) is 1.43. The minimum absolute atomic E-state index is 0.214. The van der Waals surface area contributed by atoms with E-state index in [2.05, 4.69) is 13.8 Å². The van der Waals surface area contributed by atoms with Crippen molar-refractivity contribution in [2.45, 2.75) is 32.4 Å². The van der Waals surface area contributed by atoms with Gasteiger partial charge in [0.25, 0.3) is 0 Å². The minimum Gasteiger partial charge on any atom is -0.207 e. The van der Waals surface area contributed by atoms with Gasteiger partial charge in [-0.05, 0) is 30.2 Å². The zero-order chi connectivity index (χ0) is 12.1. The fraction of sp³-hybridized carbons (Fsp3) is 0.538. The van der Waals surface area contributed by atoms with Crippen LogP contribution in [0.2, 0.25) is 0 Å². The van der Waals surface area contributed by atoms with Crippen molar-refractivity contribution in [2.75, 3.05) is 5.75 Å². The summed E-state index contributed by atoms with van der Waals surface area (Å²) in [6.07, 6.45) is 0.454. The van der Waals surface area contributed by atoms with E-state index < -0.39 is 11.6 Å². The highest BCUT2D eigenvalue weighted by Gasteiger charge is 2.12. The van der Waals surface area contributed by atoms with Gasteiger partial charge in [-0.1, -0.05) is 26.8 Å². The highest BCUT2D eigenvalue weighted by Crippen LogP contribution is 2.21. The summed E-state index contributed by atoms with van der Waals surface area (Å²) in [6.45, 7) is 6.30. The third-order valence-corrected chi connectivity index (χ3v) is 3.86. The molecule has 0 aliphatic carbocycles. The topological polar surface area (TPSA) is 0 Å². The molecule has 0 N–H and O–H groups in total. The highest BCUT2D eigenvalue weighted by molar-refractivity contribution is 7.99. The molecule has 0 bridgehead atoms. The lowest BCUT2D eigenvalue weighted by Crippen LogP contribution is -2.08.